The van der Waals surface area contributed by atoms with Crippen molar-refractivity contribution in [3.8, 4) is 11.5 Å². The molecular formula is C16H15N3OS2. The number of nitrogens with one attached hydrogen (secondary N) is 1. The number of nitrogens with zero attached hydrogens (tertiary/aromatic N) is 2. The molecule has 2 aromatic carbocycles. The average Bonchev–Trinajstić information content (AvgIpc) is 2.98. The molecule has 0 saturated heterocycles. The molecule has 0 saturated carbocycles. The van der Waals surface area contributed by atoms with E-state index in [2.05, 4.69) is 22.4 Å². The number of hydrogen-bond acceptors (Lipinski definition) is 6. The second-order valence-corrected chi connectivity index (χ2v) is 6.86. The number of benzene rings is 2. The normalized spacial score (nSPS) is 10.4. The van der Waals surface area contributed by atoms with Crippen LogP contribution in [0.1, 0.15) is 6.92 Å². The lowest BCUT2D eigenvalue weighted by molar-refractivity contribution is 0.483. The minimum Gasteiger partial charge on any atom is -0.457 e. The van der Waals surface area contributed by atoms with Gasteiger partial charge in [0.05, 0.1) is 0 Å². The number of anilines is 2. The molecule has 6 heteroatoms. The molecule has 112 valence electrons. The molecule has 0 aliphatic carbocycles. The lowest BCUT2D eigenvalue weighted by Crippen LogP contribution is -1.90. The van der Waals surface area contributed by atoms with Crippen LogP contribution >= 0.6 is 23.1 Å². The van der Waals surface area contributed by atoms with E-state index in [4.69, 9.17) is 4.74 Å². The molecule has 3 rings (SSSR count). The molecule has 0 aliphatic rings. The smallest absolute Gasteiger partial charge is 0.210 e. The van der Waals surface area contributed by atoms with Crippen LogP contribution in [-0.4, -0.2) is 16.0 Å². The molecule has 3 aromatic rings. The minimum absolute atomic E-state index is 0.799. The number of ether oxygens (including phenoxy) is 1. The van der Waals surface area contributed by atoms with E-state index in [1.54, 1.807) is 23.1 Å². The van der Waals surface area contributed by atoms with Gasteiger partial charge in [0, 0.05) is 5.69 Å². The fourth-order valence-electron chi connectivity index (χ4n) is 1.80. The van der Waals surface area contributed by atoms with Crippen LogP contribution in [0.5, 0.6) is 11.5 Å². The van der Waals surface area contributed by atoms with E-state index in [0.29, 0.717) is 0 Å². The summed E-state index contributed by atoms with van der Waals surface area (Å²) in [4.78, 5) is 0. The van der Waals surface area contributed by atoms with Crippen LogP contribution in [0.2, 0.25) is 0 Å². The Hall–Kier alpha value is -2.05. The summed E-state index contributed by atoms with van der Waals surface area (Å²) in [5.41, 5.74) is 0.963. The Bertz CT molecular complexity index is 714. The van der Waals surface area contributed by atoms with E-state index in [-0.39, 0.29) is 0 Å². The third-order valence-electron chi connectivity index (χ3n) is 2.76. The summed E-state index contributed by atoms with van der Waals surface area (Å²) in [5.74, 6) is 2.63. The Kier molecular flexibility index (Phi) is 4.92. The van der Waals surface area contributed by atoms with Gasteiger partial charge < -0.3 is 10.1 Å². The van der Waals surface area contributed by atoms with Gasteiger partial charge in [0.1, 0.15) is 11.5 Å². The number of thioether (sulfide) groups is 1. The molecule has 0 atom stereocenters. The van der Waals surface area contributed by atoms with Gasteiger partial charge in [-0.3, -0.25) is 0 Å². The highest BCUT2D eigenvalue weighted by atomic mass is 32.2. The molecule has 1 heterocycles. The van der Waals surface area contributed by atoms with E-state index in [1.807, 2.05) is 54.6 Å². The Labute approximate surface area is 137 Å². The zero-order valence-corrected chi connectivity index (χ0v) is 13.7. The summed E-state index contributed by atoms with van der Waals surface area (Å²) in [6, 6.07) is 17.5. The zero-order valence-electron chi connectivity index (χ0n) is 12.0. The van der Waals surface area contributed by atoms with Crippen molar-refractivity contribution >= 4 is 33.9 Å². The quantitative estimate of drug-likeness (QED) is 0.631. The first-order valence-electron chi connectivity index (χ1n) is 6.90. The van der Waals surface area contributed by atoms with Gasteiger partial charge in [-0.05, 0) is 42.2 Å². The maximum atomic E-state index is 5.76. The summed E-state index contributed by atoms with van der Waals surface area (Å²) in [5, 5.41) is 12.3. The van der Waals surface area contributed by atoms with Crippen LogP contribution < -0.4 is 10.1 Å². The predicted octanol–water partition coefficient (Wildman–Crippen LogP) is 5.19. The molecule has 1 aromatic heterocycles. The van der Waals surface area contributed by atoms with E-state index < -0.39 is 0 Å². The largest absolute Gasteiger partial charge is 0.457 e. The van der Waals surface area contributed by atoms with E-state index in [0.717, 1.165) is 32.4 Å². The standard InChI is InChI=1S/C16H15N3OS2/c1-2-21-16-19-18-15(22-16)17-12-8-10-14(11-9-12)20-13-6-4-3-5-7-13/h3-11H,2H2,1H3,(H,17,18). The van der Waals surface area contributed by atoms with E-state index >= 15 is 0 Å². The maximum Gasteiger partial charge on any atom is 0.210 e. The third kappa shape index (κ3) is 3.99. The summed E-state index contributed by atoms with van der Waals surface area (Å²) < 4.78 is 6.74. The molecule has 4 nitrogen and oxygen atoms in total. The molecule has 1 N–H and O–H groups in total. The number of para-hydroxylation sites is 1. The van der Waals surface area contributed by atoms with Crippen molar-refractivity contribution in [1.29, 1.82) is 0 Å². The van der Waals surface area contributed by atoms with Crippen molar-refractivity contribution in [2.75, 3.05) is 11.1 Å². The second-order valence-electron chi connectivity index (χ2n) is 4.37. The molecule has 0 bridgehead atoms. The van der Waals surface area contributed by atoms with Crippen LogP contribution in [0.15, 0.2) is 58.9 Å². The molecule has 0 fully saturated rings. The lowest BCUT2D eigenvalue weighted by atomic mass is 10.3. The van der Waals surface area contributed by atoms with Crippen LogP contribution in [0.25, 0.3) is 0 Å². The fourth-order valence-corrected chi connectivity index (χ4v) is 3.47. The fraction of sp³-hybridized carbons (Fsp3) is 0.125. The monoisotopic (exact) mass is 329 g/mol. The van der Waals surface area contributed by atoms with Gasteiger partial charge in [0.15, 0.2) is 4.34 Å². The summed E-state index contributed by atoms with van der Waals surface area (Å²) >= 11 is 3.25. The van der Waals surface area contributed by atoms with E-state index in [9.17, 15) is 0 Å². The topological polar surface area (TPSA) is 47.0 Å². The molecule has 0 radical (unpaired) electrons. The summed E-state index contributed by atoms with van der Waals surface area (Å²) in [6.07, 6.45) is 0. The Morgan fingerprint density at radius 2 is 1.73 bits per heavy atom. The first kappa shape index (κ1) is 14.9. The van der Waals surface area contributed by atoms with Crippen LogP contribution in [0, 0.1) is 0 Å². The third-order valence-corrected chi connectivity index (χ3v) is 4.61. The highest BCUT2D eigenvalue weighted by molar-refractivity contribution is 8.01. The van der Waals surface area contributed by atoms with Gasteiger partial charge in [0.25, 0.3) is 0 Å². The van der Waals surface area contributed by atoms with Crippen LogP contribution in [0.3, 0.4) is 0 Å². The lowest BCUT2D eigenvalue weighted by Gasteiger charge is -2.06. The Morgan fingerprint density at radius 3 is 2.45 bits per heavy atom. The molecule has 0 amide bonds. The molecule has 0 unspecified atom stereocenters. The molecular weight excluding hydrogens is 314 g/mol. The van der Waals surface area contributed by atoms with Crippen molar-refractivity contribution < 1.29 is 4.74 Å². The minimum atomic E-state index is 0.799. The van der Waals surface area contributed by atoms with Crippen molar-refractivity contribution in [2.45, 2.75) is 11.3 Å². The maximum absolute atomic E-state index is 5.76. The Balaban J connectivity index is 1.63. The van der Waals surface area contributed by atoms with Crippen molar-refractivity contribution in [3.63, 3.8) is 0 Å². The number of hydrogen-bond donors (Lipinski definition) is 1. The SMILES string of the molecule is CCSc1nnc(Nc2ccc(Oc3ccccc3)cc2)s1. The summed E-state index contributed by atoms with van der Waals surface area (Å²) in [7, 11) is 0. The average molecular weight is 329 g/mol. The van der Waals surface area contributed by atoms with Gasteiger partial charge in [-0.25, -0.2) is 0 Å². The van der Waals surface area contributed by atoms with Crippen molar-refractivity contribution in [2.24, 2.45) is 0 Å². The first-order valence-corrected chi connectivity index (χ1v) is 8.70. The zero-order chi connectivity index (χ0) is 15.2. The van der Waals surface area contributed by atoms with Gasteiger partial charge >= 0.3 is 0 Å². The summed E-state index contributed by atoms with van der Waals surface area (Å²) in [6.45, 7) is 2.10. The van der Waals surface area contributed by atoms with Crippen LogP contribution in [0.4, 0.5) is 10.8 Å². The second kappa shape index (κ2) is 7.29. The van der Waals surface area contributed by atoms with Gasteiger partial charge in [-0.1, -0.05) is 48.2 Å². The number of aromatic nitrogens is 2. The Morgan fingerprint density at radius 1 is 1.00 bits per heavy atom. The van der Waals surface area contributed by atoms with Gasteiger partial charge in [0.2, 0.25) is 5.13 Å². The highest BCUT2D eigenvalue weighted by Gasteiger charge is 2.04. The van der Waals surface area contributed by atoms with E-state index in [1.165, 1.54) is 0 Å². The van der Waals surface area contributed by atoms with Gasteiger partial charge in [-0.2, -0.15) is 0 Å². The van der Waals surface area contributed by atoms with Crippen molar-refractivity contribution in [1.82, 2.24) is 10.2 Å². The van der Waals surface area contributed by atoms with Gasteiger partial charge in [-0.15, -0.1) is 10.2 Å². The number of rotatable bonds is 6. The van der Waals surface area contributed by atoms with Crippen molar-refractivity contribution in [3.05, 3.63) is 54.6 Å². The first-order chi connectivity index (χ1) is 10.8. The highest BCUT2D eigenvalue weighted by Crippen LogP contribution is 2.28. The predicted molar refractivity (Wildman–Crippen MR) is 92.5 cm³/mol. The molecule has 0 aliphatic heterocycles. The molecule has 22 heavy (non-hydrogen) atoms. The molecule has 0 spiro atoms. The van der Waals surface area contributed by atoms with Crippen LogP contribution in [-0.2, 0) is 0 Å².